The number of nitrogens with zero attached hydrogens (tertiary/aromatic N) is 4. The molecule has 0 saturated heterocycles. The lowest BCUT2D eigenvalue weighted by atomic mass is 9.79. The minimum Gasteiger partial charge on any atom is -0.356 e. The highest BCUT2D eigenvalue weighted by Crippen LogP contribution is 2.40. The van der Waals surface area contributed by atoms with Gasteiger partial charge in [-0.1, -0.05) is 40.9 Å². The van der Waals surface area contributed by atoms with E-state index in [-0.39, 0.29) is 29.4 Å². The van der Waals surface area contributed by atoms with Crippen molar-refractivity contribution in [3.05, 3.63) is 46.5 Å². The van der Waals surface area contributed by atoms with Gasteiger partial charge in [0, 0.05) is 35.9 Å². The highest BCUT2D eigenvalue weighted by molar-refractivity contribution is 14.0. The first kappa shape index (κ1) is 21.5. The van der Waals surface area contributed by atoms with E-state index in [4.69, 9.17) is 0 Å². The summed E-state index contributed by atoms with van der Waals surface area (Å²) in [6.45, 7) is 1.75. The van der Waals surface area contributed by atoms with Crippen LogP contribution in [0.3, 0.4) is 0 Å². The van der Waals surface area contributed by atoms with Crippen LogP contribution in [0.2, 0.25) is 0 Å². The van der Waals surface area contributed by atoms with E-state index in [1.54, 1.807) is 6.33 Å². The van der Waals surface area contributed by atoms with Crippen molar-refractivity contribution < 1.29 is 0 Å². The predicted octanol–water partition coefficient (Wildman–Crippen LogP) is 3.65. The van der Waals surface area contributed by atoms with Gasteiger partial charge in [-0.05, 0) is 37.0 Å². The monoisotopic (exact) mass is 558 g/mol. The van der Waals surface area contributed by atoms with E-state index in [1.807, 2.05) is 11.7 Å². The topological polar surface area (TPSA) is 67.1 Å². The summed E-state index contributed by atoms with van der Waals surface area (Å²) in [6.07, 6.45) is 8.69. The van der Waals surface area contributed by atoms with Gasteiger partial charge in [-0.25, -0.2) is 9.67 Å². The molecule has 1 aliphatic heterocycles. The summed E-state index contributed by atoms with van der Waals surface area (Å²) in [6, 6.07) is 9.17. The molecule has 152 valence electrons. The summed E-state index contributed by atoms with van der Waals surface area (Å²) in [5.41, 5.74) is 1.63. The Hall–Kier alpha value is -1.16. The van der Waals surface area contributed by atoms with Crippen LogP contribution in [0, 0.1) is 0 Å². The Morgan fingerprint density at radius 1 is 1.29 bits per heavy atom. The molecule has 1 saturated carbocycles. The largest absolute Gasteiger partial charge is 0.356 e. The van der Waals surface area contributed by atoms with Crippen LogP contribution in [0.25, 0.3) is 0 Å². The summed E-state index contributed by atoms with van der Waals surface area (Å²) in [7, 11) is 1.85. The summed E-state index contributed by atoms with van der Waals surface area (Å²) >= 11 is 3.55. The van der Waals surface area contributed by atoms with Crippen LogP contribution in [0.1, 0.15) is 43.5 Å². The highest BCUT2D eigenvalue weighted by atomic mass is 127. The van der Waals surface area contributed by atoms with Gasteiger partial charge in [-0.2, -0.15) is 5.10 Å². The average Bonchev–Trinajstić information content (AvgIpc) is 3.35. The second kappa shape index (κ2) is 9.56. The molecule has 0 spiro atoms. The molecule has 2 N–H and O–H groups in total. The van der Waals surface area contributed by atoms with Crippen LogP contribution >= 0.6 is 39.9 Å². The Labute approximate surface area is 192 Å². The SMILES string of the molecule is CN=C(NCC1(c2ccc(Br)cc2)CCCC1)NC1CCc2ncnn2C1.I. The molecule has 1 aromatic carbocycles. The van der Waals surface area contributed by atoms with Crippen molar-refractivity contribution in [1.29, 1.82) is 0 Å². The molecule has 8 heteroatoms. The number of hydrogen-bond donors (Lipinski definition) is 2. The second-order valence-corrected chi connectivity index (χ2v) is 8.57. The van der Waals surface area contributed by atoms with Crippen molar-refractivity contribution in [2.24, 2.45) is 4.99 Å². The number of benzene rings is 1. The molecule has 2 aliphatic rings. The number of aromatic nitrogens is 3. The molecule has 0 radical (unpaired) electrons. The standard InChI is InChI=1S/C20H27BrN6.HI/c1-22-19(26-17-8-9-18-24-14-25-27(18)12-17)23-13-20(10-2-3-11-20)15-4-6-16(21)7-5-15;/h4-7,14,17H,2-3,8-13H2,1H3,(H2,22,23,26);1H. The fourth-order valence-electron chi connectivity index (χ4n) is 4.42. The minimum atomic E-state index is 0. The van der Waals surface area contributed by atoms with Gasteiger partial charge in [-0.15, -0.1) is 24.0 Å². The normalized spacial score (nSPS) is 20.9. The zero-order valence-corrected chi connectivity index (χ0v) is 20.1. The number of rotatable bonds is 4. The van der Waals surface area contributed by atoms with Gasteiger partial charge in [0.25, 0.3) is 0 Å². The first-order valence-electron chi connectivity index (χ1n) is 9.78. The second-order valence-electron chi connectivity index (χ2n) is 7.66. The van der Waals surface area contributed by atoms with Gasteiger partial charge in [0.05, 0.1) is 6.54 Å². The predicted molar refractivity (Wildman–Crippen MR) is 126 cm³/mol. The molecule has 4 rings (SSSR count). The van der Waals surface area contributed by atoms with Crippen LogP contribution < -0.4 is 10.6 Å². The summed E-state index contributed by atoms with van der Waals surface area (Å²) < 4.78 is 3.13. The summed E-state index contributed by atoms with van der Waals surface area (Å²) in [4.78, 5) is 8.77. The maximum atomic E-state index is 4.47. The number of halogens is 2. The highest BCUT2D eigenvalue weighted by Gasteiger charge is 2.35. The molecule has 0 bridgehead atoms. The Balaban J connectivity index is 0.00000225. The number of aryl methyl sites for hydroxylation is 1. The molecule has 2 heterocycles. The lowest BCUT2D eigenvalue weighted by Crippen LogP contribution is -2.50. The molecule has 1 aromatic heterocycles. The third-order valence-electron chi connectivity index (χ3n) is 5.98. The van der Waals surface area contributed by atoms with Crippen molar-refractivity contribution in [2.45, 2.75) is 56.5 Å². The lowest BCUT2D eigenvalue weighted by molar-refractivity contribution is 0.387. The van der Waals surface area contributed by atoms with Gasteiger partial charge in [-0.3, -0.25) is 4.99 Å². The zero-order chi connectivity index (χ0) is 18.7. The zero-order valence-electron chi connectivity index (χ0n) is 16.2. The van der Waals surface area contributed by atoms with Crippen molar-refractivity contribution in [2.75, 3.05) is 13.6 Å². The Morgan fingerprint density at radius 2 is 2.04 bits per heavy atom. The fraction of sp³-hybridized carbons (Fsp3) is 0.550. The van der Waals surface area contributed by atoms with Crippen LogP contribution in [-0.2, 0) is 18.4 Å². The maximum absolute atomic E-state index is 4.47. The first-order chi connectivity index (χ1) is 13.2. The average molecular weight is 559 g/mol. The van der Waals surface area contributed by atoms with Crippen LogP contribution in [0.4, 0.5) is 0 Å². The van der Waals surface area contributed by atoms with E-state index in [0.717, 1.165) is 42.2 Å². The number of hydrogen-bond acceptors (Lipinski definition) is 3. The van der Waals surface area contributed by atoms with Gasteiger partial charge in [0.15, 0.2) is 5.96 Å². The smallest absolute Gasteiger partial charge is 0.191 e. The van der Waals surface area contributed by atoms with Crippen LogP contribution in [0.5, 0.6) is 0 Å². The number of aliphatic imine (C=N–C) groups is 1. The van der Waals surface area contributed by atoms with Gasteiger partial charge >= 0.3 is 0 Å². The Kier molecular flexibility index (Phi) is 7.36. The molecule has 1 unspecified atom stereocenters. The van der Waals surface area contributed by atoms with Gasteiger partial charge in [0.1, 0.15) is 12.2 Å². The van der Waals surface area contributed by atoms with Gasteiger partial charge < -0.3 is 10.6 Å². The molecule has 28 heavy (non-hydrogen) atoms. The van der Waals surface area contributed by atoms with Crippen LogP contribution in [-0.4, -0.2) is 40.4 Å². The molecule has 6 nitrogen and oxygen atoms in total. The fourth-order valence-corrected chi connectivity index (χ4v) is 4.68. The molecule has 2 aromatic rings. The molecule has 1 fully saturated rings. The van der Waals surface area contributed by atoms with Gasteiger partial charge in [0.2, 0.25) is 0 Å². The molecular weight excluding hydrogens is 531 g/mol. The molecule has 1 aliphatic carbocycles. The summed E-state index contributed by atoms with van der Waals surface area (Å²) in [5, 5.41) is 11.5. The van der Waals surface area contributed by atoms with Crippen molar-refractivity contribution >= 4 is 45.9 Å². The third-order valence-corrected chi connectivity index (χ3v) is 6.51. The van der Waals surface area contributed by atoms with E-state index in [9.17, 15) is 0 Å². The number of guanidine groups is 1. The molecular formula is C20H28BrIN6. The Bertz CT molecular complexity index is 797. The van der Waals surface area contributed by atoms with E-state index in [2.05, 4.69) is 65.9 Å². The summed E-state index contributed by atoms with van der Waals surface area (Å²) in [5.74, 6) is 1.96. The van der Waals surface area contributed by atoms with Crippen LogP contribution in [0.15, 0.2) is 40.1 Å². The quantitative estimate of drug-likeness (QED) is 0.341. The molecule has 1 atom stereocenters. The Morgan fingerprint density at radius 3 is 2.75 bits per heavy atom. The third kappa shape index (κ3) is 4.69. The van der Waals surface area contributed by atoms with E-state index in [1.165, 1.54) is 31.2 Å². The first-order valence-corrected chi connectivity index (χ1v) is 10.6. The lowest BCUT2D eigenvalue weighted by Gasteiger charge is -2.32. The van der Waals surface area contributed by atoms with E-state index < -0.39 is 0 Å². The van der Waals surface area contributed by atoms with E-state index >= 15 is 0 Å². The molecule has 0 amide bonds. The number of nitrogens with one attached hydrogen (secondary N) is 2. The van der Waals surface area contributed by atoms with Crippen molar-refractivity contribution in [3.8, 4) is 0 Å². The van der Waals surface area contributed by atoms with E-state index in [0.29, 0.717) is 6.04 Å². The maximum Gasteiger partial charge on any atom is 0.191 e. The number of fused-ring (bicyclic) bond motifs is 1. The van der Waals surface area contributed by atoms with Crippen molar-refractivity contribution in [1.82, 2.24) is 25.4 Å². The minimum absolute atomic E-state index is 0. The van der Waals surface area contributed by atoms with Crippen molar-refractivity contribution in [3.63, 3.8) is 0 Å².